The zero-order chi connectivity index (χ0) is 15.5. The fraction of sp³-hybridized carbons (Fsp3) is 0.562. The van der Waals surface area contributed by atoms with E-state index in [2.05, 4.69) is 28.0 Å². The summed E-state index contributed by atoms with van der Waals surface area (Å²) in [5.41, 5.74) is 2.33. The van der Waals surface area contributed by atoms with E-state index in [-0.39, 0.29) is 0 Å². The van der Waals surface area contributed by atoms with Crippen molar-refractivity contribution in [1.82, 2.24) is 9.80 Å². The van der Waals surface area contributed by atoms with Gasteiger partial charge in [0.05, 0.1) is 0 Å². The average Bonchev–Trinajstić information content (AvgIpc) is 3.04. The van der Waals surface area contributed by atoms with E-state index >= 15 is 0 Å². The third kappa shape index (κ3) is 3.47. The molecular formula is C16H22ClN3O2. The Morgan fingerprint density at radius 1 is 1.09 bits per heavy atom. The van der Waals surface area contributed by atoms with Crippen molar-refractivity contribution in [3.8, 4) is 0 Å². The number of benzene rings is 1. The van der Waals surface area contributed by atoms with Crippen LogP contribution in [0.5, 0.6) is 0 Å². The molecule has 5 nitrogen and oxygen atoms in total. The third-order valence-electron chi connectivity index (χ3n) is 4.54. The van der Waals surface area contributed by atoms with E-state index in [1.165, 1.54) is 23.4 Å². The molecule has 120 valence electrons. The minimum absolute atomic E-state index is 0.568. The molecule has 2 heterocycles. The van der Waals surface area contributed by atoms with E-state index in [1.807, 2.05) is 0 Å². The van der Waals surface area contributed by atoms with Gasteiger partial charge in [-0.25, -0.2) is 4.79 Å². The number of amides is 1. The van der Waals surface area contributed by atoms with Gasteiger partial charge in [-0.2, -0.15) is 0 Å². The molecule has 1 aromatic rings. The molecule has 0 saturated carbocycles. The van der Waals surface area contributed by atoms with Crippen LogP contribution in [0.3, 0.4) is 0 Å². The molecule has 2 aliphatic heterocycles. The first kappa shape index (κ1) is 15.4. The number of halogens is 1. The van der Waals surface area contributed by atoms with Crippen LogP contribution in [-0.4, -0.2) is 60.3 Å². The second-order valence-electron chi connectivity index (χ2n) is 6.02. The number of carbonyl (C=O) groups is 1. The molecule has 3 rings (SSSR count). The summed E-state index contributed by atoms with van der Waals surface area (Å²) < 4.78 is 0. The van der Waals surface area contributed by atoms with Crippen molar-refractivity contribution in [2.24, 2.45) is 0 Å². The molecular weight excluding hydrogens is 302 g/mol. The fourth-order valence-corrected chi connectivity index (χ4v) is 3.41. The zero-order valence-electron chi connectivity index (χ0n) is 12.7. The SMILES string of the molecule is O=C(O)N1CCN(Cc2ccc(N3CCCC3)cc2Cl)CC1. The molecule has 22 heavy (non-hydrogen) atoms. The maximum absolute atomic E-state index is 10.9. The number of hydrogen-bond acceptors (Lipinski definition) is 3. The lowest BCUT2D eigenvalue weighted by Crippen LogP contribution is -2.47. The largest absolute Gasteiger partial charge is 0.465 e. The Morgan fingerprint density at radius 2 is 1.77 bits per heavy atom. The number of carboxylic acid groups (broad SMARTS) is 1. The second-order valence-corrected chi connectivity index (χ2v) is 6.42. The van der Waals surface area contributed by atoms with Gasteiger partial charge in [0, 0.05) is 56.5 Å². The Hall–Kier alpha value is -1.46. The van der Waals surface area contributed by atoms with Gasteiger partial charge in [0.25, 0.3) is 0 Å². The number of piperazine rings is 1. The van der Waals surface area contributed by atoms with Gasteiger partial charge in [-0.15, -0.1) is 0 Å². The third-order valence-corrected chi connectivity index (χ3v) is 4.90. The van der Waals surface area contributed by atoms with Crippen molar-refractivity contribution in [2.45, 2.75) is 19.4 Å². The summed E-state index contributed by atoms with van der Waals surface area (Å²) in [6.45, 7) is 5.68. The van der Waals surface area contributed by atoms with Gasteiger partial charge >= 0.3 is 6.09 Å². The summed E-state index contributed by atoms with van der Waals surface area (Å²) in [7, 11) is 0. The first-order valence-corrected chi connectivity index (χ1v) is 8.25. The molecule has 1 aromatic carbocycles. The predicted octanol–water partition coefficient (Wildman–Crippen LogP) is 2.74. The van der Waals surface area contributed by atoms with Gasteiger partial charge < -0.3 is 14.9 Å². The van der Waals surface area contributed by atoms with Crippen molar-refractivity contribution in [2.75, 3.05) is 44.2 Å². The van der Waals surface area contributed by atoms with Crippen LogP contribution < -0.4 is 4.90 Å². The van der Waals surface area contributed by atoms with Crippen LogP contribution in [0.15, 0.2) is 18.2 Å². The topological polar surface area (TPSA) is 47.0 Å². The molecule has 0 bridgehead atoms. The lowest BCUT2D eigenvalue weighted by atomic mass is 10.1. The highest BCUT2D eigenvalue weighted by Crippen LogP contribution is 2.27. The summed E-state index contributed by atoms with van der Waals surface area (Å²) in [4.78, 5) is 17.0. The van der Waals surface area contributed by atoms with Crippen LogP contribution >= 0.6 is 11.6 Å². The van der Waals surface area contributed by atoms with Gasteiger partial charge in [0.15, 0.2) is 0 Å². The first-order valence-electron chi connectivity index (χ1n) is 7.87. The smallest absolute Gasteiger partial charge is 0.407 e. The Bertz CT molecular complexity index is 538. The fourth-order valence-electron chi connectivity index (χ4n) is 3.17. The van der Waals surface area contributed by atoms with Crippen LogP contribution in [0.2, 0.25) is 5.02 Å². The van der Waals surface area contributed by atoms with Crippen LogP contribution in [0.4, 0.5) is 10.5 Å². The molecule has 0 unspecified atom stereocenters. The van der Waals surface area contributed by atoms with E-state index in [0.717, 1.165) is 43.3 Å². The van der Waals surface area contributed by atoms with Gasteiger partial charge in [-0.1, -0.05) is 17.7 Å². The molecule has 2 aliphatic rings. The lowest BCUT2D eigenvalue weighted by Gasteiger charge is -2.33. The van der Waals surface area contributed by atoms with Crippen molar-refractivity contribution in [3.05, 3.63) is 28.8 Å². The summed E-state index contributed by atoms with van der Waals surface area (Å²) in [5, 5.41) is 9.78. The molecule has 0 atom stereocenters. The van der Waals surface area contributed by atoms with Crippen LogP contribution in [0.1, 0.15) is 18.4 Å². The number of nitrogens with zero attached hydrogens (tertiary/aromatic N) is 3. The lowest BCUT2D eigenvalue weighted by molar-refractivity contribution is 0.103. The predicted molar refractivity (Wildman–Crippen MR) is 87.8 cm³/mol. The molecule has 2 saturated heterocycles. The molecule has 0 radical (unpaired) electrons. The normalized spacial score (nSPS) is 19.7. The Labute approximate surface area is 136 Å². The Morgan fingerprint density at radius 3 is 2.36 bits per heavy atom. The van der Waals surface area contributed by atoms with Crippen LogP contribution in [0, 0.1) is 0 Å². The maximum Gasteiger partial charge on any atom is 0.407 e. The first-order chi connectivity index (χ1) is 10.6. The zero-order valence-corrected chi connectivity index (χ0v) is 13.4. The highest BCUT2D eigenvalue weighted by molar-refractivity contribution is 6.31. The molecule has 0 spiro atoms. The van der Waals surface area contributed by atoms with Crippen molar-refractivity contribution >= 4 is 23.4 Å². The standard InChI is InChI=1S/C16H22ClN3O2/c17-15-11-14(19-5-1-2-6-19)4-3-13(15)12-18-7-9-20(10-8-18)16(21)22/h3-4,11H,1-2,5-10,12H2,(H,21,22). The maximum atomic E-state index is 10.9. The van der Waals surface area contributed by atoms with Crippen molar-refractivity contribution in [3.63, 3.8) is 0 Å². The van der Waals surface area contributed by atoms with E-state index in [1.54, 1.807) is 0 Å². The average molecular weight is 324 g/mol. The van der Waals surface area contributed by atoms with Gasteiger partial charge in [-0.3, -0.25) is 4.90 Å². The number of anilines is 1. The van der Waals surface area contributed by atoms with Crippen molar-refractivity contribution in [1.29, 1.82) is 0 Å². The van der Waals surface area contributed by atoms with Gasteiger partial charge in [0.2, 0.25) is 0 Å². The summed E-state index contributed by atoms with van der Waals surface area (Å²) >= 11 is 6.45. The van der Waals surface area contributed by atoms with E-state index in [0.29, 0.717) is 13.1 Å². The molecule has 1 amide bonds. The van der Waals surface area contributed by atoms with E-state index in [4.69, 9.17) is 16.7 Å². The Balaban J connectivity index is 1.60. The second kappa shape index (κ2) is 6.75. The molecule has 6 heteroatoms. The highest BCUT2D eigenvalue weighted by Gasteiger charge is 2.21. The molecule has 1 N–H and O–H groups in total. The minimum Gasteiger partial charge on any atom is -0.465 e. The van der Waals surface area contributed by atoms with E-state index < -0.39 is 6.09 Å². The number of rotatable bonds is 3. The molecule has 0 aliphatic carbocycles. The molecule has 0 aromatic heterocycles. The van der Waals surface area contributed by atoms with E-state index in [9.17, 15) is 4.79 Å². The van der Waals surface area contributed by atoms with Gasteiger partial charge in [-0.05, 0) is 30.5 Å². The van der Waals surface area contributed by atoms with Crippen LogP contribution in [-0.2, 0) is 6.54 Å². The van der Waals surface area contributed by atoms with Gasteiger partial charge in [0.1, 0.15) is 0 Å². The van der Waals surface area contributed by atoms with Crippen LogP contribution in [0.25, 0.3) is 0 Å². The highest BCUT2D eigenvalue weighted by atomic mass is 35.5. The molecule has 2 fully saturated rings. The number of hydrogen-bond donors (Lipinski definition) is 1. The minimum atomic E-state index is -0.826. The quantitative estimate of drug-likeness (QED) is 0.929. The summed E-state index contributed by atoms with van der Waals surface area (Å²) in [6, 6.07) is 6.33. The van der Waals surface area contributed by atoms with Crippen molar-refractivity contribution < 1.29 is 9.90 Å². The summed E-state index contributed by atoms with van der Waals surface area (Å²) in [6.07, 6.45) is 1.69. The Kier molecular flexibility index (Phi) is 4.74. The summed E-state index contributed by atoms with van der Waals surface area (Å²) in [5.74, 6) is 0. The monoisotopic (exact) mass is 323 g/mol.